The van der Waals surface area contributed by atoms with Crippen molar-refractivity contribution in [1.82, 2.24) is 0 Å². The molecule has 0 aliphatic rings. The summed E-state index contributed by atoms with van der Waals surface area (Å²) in [6.45, 7) is 11.3. The summed E-state index contributed by atoms with van der Waals surface area (Å²) in [5.41, 5.74) is 0. The van der Waals surface area contributed by atoms with Crippen LogP contribution in [-0.2, 0) is 28.6 Å². The third-order valence-electron chi connectivity index (χ3n) is 11.5. The number of unbranched alkanes of at least 4 members (excludes halogenated alkanes) is 30. The minimum Gasteiger partial charge on any atom is -0.462 e. The largest absolute Gasteiger partial charge is 0.462 e. The molecule has 0 amide bonds. The van der Waals surface area contributed by atoms with Crippen LogP contribution in [0.15, 0.2) is 0 Å². The van der Waals surface area contributed by atoms with Gasteiger partial charge >= 0.3 is 17.9 Å². The van der Waals surface area contributed by atoms with Crippen LogP contribution in [0, 0.1) is 11.8 Å². The summed E-state index contributed by atoms with van der Waals surface area (Å²) in [5.74, 6) is 0.790. The van der Waals surface area contributed by atoms with Gasteiger partial charge in [0.15, 0.2) is 6.10 Å². The molecular weight excluding hydrogens is 709 g/mol. The summed E-state index contributed by atoms with van der Waals surface area (Å²) >= 11 is 0. The van der Waals surface area contributed by atoms with Crippen molar-refractivity contribution >= 4 is 17.9 Å². The van der Waals surface area contributed by atoms with E-state index in [-0.39, 0.29) is 31.1 Å². The van der Waals surface area contributed by atoms with Crippen LogP contribution >= 0.6 is 0 Å². The van der Waals surface area contributed by atoms with Crippen molar-refractivity contribution in [2.24, 2.45) is 11.8 Å². The highest BCUT2D eigenvalue weighted by Crippen LogP contribution is 2.17. The van der Waals surface area contributed by atoms with E-state index < -0.39 is 6.10 Å². The third kappa shape index (κ3) is 45.3. The number of carbonyl (C=O) groups is 3. The van der Waals surface area contributed by atoms with Crippen molar-refractivity contribution in [2.45, 2.75) is 285 Å². The molecule has 0 heterocycles. The number of carbonyl (C=O) groups excluding carboxylic acids is 3. The van der Waals surface area contributed by atoms with Crippen LogP contribution in [0.1, 0.15) is 279 Å². The summed E-state index contributed by atoms with van der Waals surface area (Å²) in [4.78, 5) is 37.9. The van der Waals surface area contributed by atoms with E-state index >= 15 is 0 Å². The van der Waals surface area contributed by atoms with Crippen LogP contribution in [0.3, 0.4) is 0 Å². The zero-order chi connectivity index (χ0) is 41.9. The van der Waals surface area contributed by atoms with Gasteiger partial charge in [0.05, 0.1) is 0 Å². The summed E-state index contributed by atoms with van der Waals surface area (Å²) in [6.07, 6.45) is 43.7. The molecule has 0 aliphatic heterocycles. The average Bonchev–Trinajstić information content (AvgIpc) is 3.18. The van der Waals surface area contributed by atoms with Crippen molar-refractivity contribution in [3.05, 3.63) is 0 Å². The molecule has 0 aromatic carbocycles. The van der Waals surface area contributed by atoms with Gasteiger partial charge in [-0.25, -0.2) is 0 Å². The Morgan fingerprint density at radius 1 is 0.333 bits per heavy atom. The molecule has 0 aromatic heterocycles. The van der Waals surface area contributed by atoms with E-state index in [2.05, 4.69) is 34.6 Å². The van der Waals surface area contributed by atoms with Gasteiger partial charge in [0.1, 0.15) is 13.2 Å². The molecule has 0 unspecified atom stereocenters. The quantitative estimate of drug-likeness (QED) is 0.0346. The first-order chi connectivity index (χ1) is 27.7. The highest BCUT2D eigenvalue weighted by Gasteiger charge is 2.19. The summed E-state index contributed by atoms with van der Waals surface area (Å²) in [5, 5.41) is 0. The van der Waals surface area contributed by atoms with Crippen LogP contribution in [0.4, 0.5) is 0 Å². The van der Waals surface area contributed by atoms with Crippen LogP contribution in [0.5, 0.6) is 0 Å². The van der Waals surface area contributed by atoms with Crippen molar-refractivity contribution in [3.63, 3.8) is 0 Å². The number of esters is 3. The first-order valence-electron chi connectivity index (χ1n) is 25.2. The maximum absolute atomic E-state index is 12.8. The summed E-state index contributed by atoms with van der Waals surface area (Å²) in [6, 6.07) is 0. The monoisotopic (exact) mass is 807 g/mol. The maximum Gasteiger partial charge on any atom is 0.306 e. The highest BCUT2D eigenvalue weighted by molar-refractivity contribution is 5.71. The topological polar surface area (TPSA) is 78.9 Å². The fourth-order valence-electron chi connectivity index (χ4n) is 7.64. The molecule has 0 N–H and O–H groups in total. The van der Waals surface area contributed by atoms with E-state index in [4.69, 9.17) is 14.2 Å². The second-order valence-electron chi connectivity index (χ2n) is 18.4. The zero-order valence-electron chi connectivity index (χ0n) is 39.0. The highest BCUT2D eigenvalue weighted by atomic mass is 16.6. The number of hydrogen-bond donors (Lipinski definition) is 0. The van der Waals surface area contributed by atoms with E-state index in [0.717, 1.165) is 69.6 Å². The van der Waals surface area contributed by atoms with E-state index in [1.54, 1.807) is 0 Å². The molecule has 0 rings (SSSR count). The van der Waals surface area contributed by atoms with E-state index in [9.17, 15) is 14.4 Å². The minimum absolute atomic E-state index is 0.0640. The lowest BCUT2D eigenvalue weighted by molar-refractivity contribution is -0.167. The molecular formula is C51H98O6. The second kappa shape index (κ2) is 44.0. The van der Waals surface area contributed by atoms with Crippen LogP contribution in [-0.4, -0.2) is 37.2 Å². The lowest BCUT2D eigenvalue weighted by atomic mass is 10.0. The Hall–Kier alpha value is -1.59. The van der Waals surface area contributed by atoms with Crippen LogP contribution in [0.2, 0.25) is 0 Å². The molecule has 338 valence electrons. The summed E-state index contributed by atoms with van der Waals surface area (Å²) < 4.78 is 16.8. The number of hydrogen-bond acceptors (Lipinski definition) is 6. The number of rotatable bonds is 45. The molecule has 0 aromatic rings. The predicted octanol–water partition coefficient (Wildman–Crippen LogP) is 16.1. The normalized spacial score (nSPS) is 12.1. The second-order valence-corrected chi connectivity index (χ2v) is 18.4. The Labute approximate surface area is 355 Å². The Kier molecular flexibility index (Phi) is 42.7. The molecule has 6 heteroatoms. The molecule has 1 atom stereocenters. The van der Waals surface area contributed by atoms with Gasteiger partial charge in [-0.15, -0.1) is 0 Å². The van der Waals surface area contributed by atoms with Crippen LogP contribution < -0.4 is 0 Å². The van der Waals surface area contributed by atoms with E-state index in [0.29, 0.717) is 19.3 Å². The molecule has 0 fully saturated rings. The average molecular weight is 807 g/mol. The smallest absolute Gasteiger partial charge is 0.306 e. The fourth-order valence-corrected chi connectivity index (χ4v) is 7.64. The van der Waals surface area contributed by atoms with Crippen LogP contribution in [0.25, 0.3) is 0 Å². The molecule has 57 heavy (non-hydrogen) atoms. The molecule has 0 bridgehead atoms. The van der Waals surface area contributed by atoms with Crippen molar-refractivity contribution in [2.75, 3.05) is 13.2 Å². The standard InChI is InChI=1S/C51H98O6/c1-6-7-8-9-10-11-12-16-21-26-31-36-41-49(52)55-44-48(45-56-50(53)42-37-32-27-23-18-20-25-30-35-40-47(4)5)57-51(54)43-38-33-28-22-17-14-13-15-19-24-29-34-39-46(2)3/h46-48H,6-45H2,1-5H3/t48-/m1/s1. The van der Waals surface area contributed by atoms with Gasteiger partial charge in [-0.05, 0) is 31.1 Å². The molecule has 0 saturated carbocycles. The van der Waals surface area contributed by atoms with E-state index in [1.807, 2.05) is 0 Å². The van der Waals surface area contributed by atoms with Gasteiger partial charge in [-0.2, -0.15) is 0 Å². The van der Waals surface area contributed by atoms with Crippen molar-refractivity contribution in [1.29, 1.82) is 0 Å². The van der Waals surface area contributed by atoms with E-state index in [1.165, 1.54) is 167 Å². The molecule has 0 spiro atoms. The lowest BCUT2D eigenvalue weighted by Crippen LogP contribution is -2.30. The Balaban J connectivity index is 4.32. The van der Waals surface area contributed by atoms with Gasteiger partial charge in [0.2, 0.25) is 0 Å². The molecule has 0 saturated heterocycles. The van der Waals surface area contributed by atoms with Crippen molar-refractivity contribution in [3.8, 4) is 0 Å². The number of ether oxygens (including phenoxy) is 3. The first kappa shape index (κ1) is 55.4. The van der Waals surface area contributed by atoms with Gasteiger partial charge in [-0.3, -0.25) is 14.4 Å². The molecule has 6 nitrogen and oxygen atoms in total. The predicted molar refractivity (Wildman–Crippen MR) is 243 cm³/mol. The van der Waals surface area contributed by atoms with Crippen molar-refractivity contribution < 1.29 is 28.6 Å². The van der Waals surface area contributed by atoms with Gasteiger partial charge in [-0.1, -0.05) is 240 Å². The SMILES string of the molecule is CCCCCCCCCCCCCCC(=O)OC[C@H](COC(=O)CCCCCCCCCCCC(C)C)OC(=O)CCCCCCCCCCCCCCC(C)C. The minimum atomic E-state index is -0.761. The zero-order valence-corrected chi connectivity index (χ0v) is 39.0. The maximum atomic E-state index is 12.8. The third-order valence-corrected chi connectivity index (χ3v) is 11.5. The van der Waals surface area contributed by atoms with Gasteiger partial charge in [0, 0.05) is 19.3 Å². The Morgan fingerprint density at radius 2 is 0.579 bits per heavy atom. The Bertz CT molecular complexity index is 870. The van der Waals surface area contributed by atoms with Gasteiger partial charge in [0.25, 0.3) is 0 Å². The first-order valence-corrected chi connectivity index (χ1v) is 25.2. The summed E-state index contributed by atoms with van der Waals surface area (Å²) in [7, 11) is 0. The molecule has 0 radical (unpaired) electrons. The van der Waals surface area contributed by atoms with Gasteiger partial charge < -0.3 is 14.2 Å². The fraction of sp³-hybridized carbons (Fsp3) is 0.941. The lowest BCUT2D eigenvalue weighted by Gasteiger charge is -2.18. The Morgan fingerprint density at radius 3 is 0.860 bits per heavy atom. The molecule has 0 aliphatic carbocycles.